The molecular weight excluding hydrogens is 454 g/mol. The fraction of sp³-hybridized carbons (Fsp3) is 0.280. The Hall–Kier alpha value is -4.18. The number of nitrogens with one attached hydrogen (secondary N) is 1. The molecule has 1 aliphatic rings. The lowest BCUT2D eigenvalue weighted by Gasteiger charge is -2.27. The first-order chi connectivity index (χ1) is 16.7. The molecule has 2 aromatic carbocycles. The summed E-state index contributed by atoms with van der Waals surface area (Å²) in [4.78, 5) is 39.7. The quantitative estimate of drug-likeness (QED) is 0.278. The number of quaternary nitrogens is 1. The van der Waals surface area contributed by atoms with Crippen LogP contribution in [0.5, 0.6) is 5.75 Å². The number of nitrogens with zero attached hydrogens (tertiary/aromatic N) is 2. The van der Waals surface area contributed by atoms with Gasteiger partial charge in [0.05, 0.1) is 38.7 Å². The van der Waals surface area contributed by atoms with Crippen LogP contribution < -0.4 is 14.7 Å². The van der Waals surface area contributed by atoms with E-state index < -0.39 is 28.4 Å². The van der Waals surface area contributed by atoms with E-state index in [2.05, 4.69) is 0 Å². The number of methoxy groups -OCH3 is 1. The Morgan fingerprint density at radius 1 is 1.20 bits per heavy atom. The molecule has 0 bridgehead atoms. The molecule has 1 aliphatic heterocycles. The number of ether oxygens (including phenoxy) is 1. The van der Waals surface area contributed by atoms with Crippen molar-refractivity contribution in [3.63, 3.8) is 0 Å². The zero-order valence-electron chi connectivity index (χ0n) is 19.6. The number of ketones is 1. The topological polar surface area (TPSA) is 130 Å². The molecule has 10 heteroatoms. The maximum atomic E-state index is 13.6. The Kier molecular flexibility index (Phi) is 6.57. The molecule has 1 N–H and O–H groups in total. The van der Waals surface area contributed by atoms with Gasteiger partial charge in [-0.3, -0.25) is 19.7 Å². The number of rotatable bonds is 9. The summed E-state index contributed by atoms with van der Waals surface area (Å²) in [6, 6.07) is 11.2. The maximum Gasteiger partial charge on any atom is 0.269 e. The van der Waals surface area contributed by atoms with Crippen LogP contribution in [-0.2, 0) is 4.79 Å². The maximum absolute atomic E-state index is 13.6. The molecule has 4 rings (SSSR count). The summed E-state index contributed by atoms with van der Waals surface area (Å²) >= 11 is 0. The number of para-hydroxylation sites is 1. The predicted octanol–water partition coefficient (Wildman–Crippen LogP) is 1.26. The van der Waals surface area contributed by atoms with E-state index in [1.807, 2.05) is 14.1 Å². The fourth-order valence-corrected chi connectivity index (χ4v) is 4.27. The van der Waals surface area contributed by atoms with Crippen molar-refractivity contribution in [2.45, 2.75) is 12.5 Å². The second kappa shape index (κ2) is 9.59. The van der Waals surface area contributed by atoms with Crippen molar-refractivity contribution in [1.82, 2.24) is 4.90 Å². The van der Waals surface area contributed by atoms with Crippen LogP contribution in [0.2, 0.25) is 0 Å². The van der Waals surface area contributed by atoms with Crippen LogP contribution in [0.15, 0.2) is 64.3 Å². The van der Waals surface area contributed by atoms with E-state index in [-0.39, 0.29) is 23.6 Å². The van der Waals surface area contributed by atoms with E-state index in [4.69, 9.17) is 9.15 Å². The van der Waals surface area contributed by atoms with Crippen molar-refractivity contribution in [3.05, 3.63) is 81.3 Å². The van der Waals surface area contributed by atoms with Crippen molar-refractivity contribution >= 4 is 28.3 Å². The zero-order chi connectivity index (χ0) is 25.3. The van der Waals surface area contributed by atoms with Crippen LogP contribution in [0.4, 0.5) is 5.69 Å². The molecule has 0 fully saturated rings. The van der Waals surface area contributed by atoms with E-state index in [0.29, 0.717) is 28.7 Å². The first-order valence-corrected chi connectivity index (χ1v) is 11.1. The summed E-state index contributed by atoms with van der Waals surface area (Å²) in [7, 11) is 5.42. The third-order valence-corrected chi connectivity index (χ3v) is 5.98. The minimum absolute atomic E-state index is 0.0906. The molecule has 35 heavy (non-hydrogen) atoms. The van der Waals surface area contributed by atoms with Gasteiger partial charge < -0.3 is 24.1 Å². The normalized spacial score (nSPS) is 15.9. The molecule has 1 aromatic heterocycles. The molecule has 0 aliphatic carbocycles. The van der Waals surface area contributed by atoms with Gasteiger partial charge in [-0.15, -0.1) is 0 Å². The van der Waals surface area contributed by atoms with Crippen LogP contribution >= 0.6 is 0 Å². The number of nitro benzene ring substituents is 1. The number of fused-ring (bicyclic) bond motifs is 1. The van der Waals surface area contributed by atoms with E-state index in [0.717, 1.165) is 6.54 Å². The second-order valence-corrected chi connectivity index (χ2v) is 8.62. The predicted molar refractivity (Wildman–Crippen MR) is 124 cm³/mol. The number of Topliss-reactive ketones (excluding diaryl/α,β-unsaturated/α-hetero) is 1. The van der Waals surface area contributed by atoms with Crippen LogP contribution in [0.1, 0.15) is 28.6 Å². The number of non-ortho nitro benzene ring substituents is 1. The van der Waals surface area contributed by atoms with Gasteiger partial charge in [0.1, 0.15) is 0 Å². The van der Waals surface area contributed by atoms with E-state index in [1.54, 1.807) is 18.2 Å². The highest BCUT2D eigenvalue weighted by Gasteiger charge is 2.40. The van der Waals surface area contributed by atoms with E-state index in [9.17, 15) is 24.8 Å². The van der Waals surface area contributed by atoms with Crippen LogP contribution in [-0.4, -0.2) is 55.8 Å². The Labute approximate surface area is 201 Å². The van der Waals surface area contributed by atoms with Gasteiger partial charge in [0.15, 0.2) is 17.1 Å². The lowest BCUT2D eigenvalue weighted by Crippen LogP contribution is -3.05. The summed E-state index contributed by atoms with van der Waals surface area (Å²) in [5.74, 6) is -2.04. The van der Waals surface area contributed by atoms with Crippen molar-refractivity contribution < 1.29 is 33.7 Å². The number of amides is 1. The van der Waals surface area contributed by atoms with Gasteiger partial charge in [-0.1, -0.05) is 12.1 Å². The third-order valence-electron chi connectivity index (χ3n) is 5.98. The molecule has 0 saturated heterocycles. The fourth-order valence-electron chi connectivity index (χ4n) is 4.27. The number of carbonyl (C=O) groups is 2. The minimum Gasteiger partial charge on any atom is -0.868 e. The van der Waals surface area contributed by atoms with Crippen LogP contribution in [0.25, 0.3) is 11.0 Å². The summed E-state index contributed by atoms with van der Waals surface area (Å²) in [5, 5.41) is 24.8. The number of furan rings is 1. The minimum atomic E-state index is -0.976. The van der Waals surface area contributed by atoms with Crippen LogP contribution in [0, 0.1) is 10.1 Å². The van der Waals surface area contributed by atoms with E-state index in [1.165, 1.54) is 47.2 Å². The Morgan fingerprint density at radius 2 is 1.91 bits per heavy atom. The SMILES string of the molecule is COc1cccc2cc(C(=O)C3=C([O-])C(=O)N(CCC[NH+](C)C)C3c3ccc([N+](=O)[O-])cc3)oc12. The molecule has 10 nitrogen and oxygen atoms in total. The molecule has 0 saturated carbocycles. The molecule has 3 aromatic rings. The van der Waals surface area contributed by atoms with Gasteiger partial charge in [-0.2, -0.15) is 0 Å². The number of hydrogen-bond donors (Lipinski definition) is 1. The van der Waals surface area contributed by atoms with Gasteiger partial charge >= 0.3 is 0 Å². The standard InChI is InChI=1S/C25H25N3O7/c1-26(2)12-5-13-27-21(15-8-10-17(11-9-15)28(32)33)20(23(30)25(27)31)22(29)19-14-16-6-4-7-18(34-3)24(16)35-19/h4,6-11,14,21,30H,5,12-13H2,1-3H3. The van der Waals surface area contributed by atoms with E-state index >= 15 is 0 Å². The Bertz CT molecular complexity index is 1320. The molecule has 1 amide bonds. The average molecular weight is 479 g/mol. The van der Waals surface area contributed by atoms with Crippen molar-refractivity contribution in [2.75, 3.05) is 34.3 Å². The third kappa shape index (κ3) is 4.47. The lowest BCUT2D eigenvalue weighted by molar-refractivity contribution is -0.858. The van der Waals surface area contributed by atoms with Crippen molar-refractivity contribution in [3.8, 4) is 5.75 Å². The summed E-state index contributed by atoms with van der Waals surface area (Å²) < 4.78 is 11.0. The Morgan fingerprint density at radius 3 is 2.54 bits per heavy atom. The number of hydrogen-bond acceptors (Lipinski definition) is 7. The number of nitro groups is 1. The lowest BCUT2D eigenvalue weighted by atomic mass is 9.94. The molecule has 1 atom stereocenters. The highest BCUT2D eigenvalue weighted by molar-refractivity contribution is 6.16. The smallest absolute Gasteiger partial charge is 0.269 e. The van der Waals surface area contributed by atoms with Gasteiger partial charge in [-0.25, -0.2) is 0 Å². The van der Waals surface area contributed by atoms with Crippen molar-refractivity contribution in [1.29, 1.82) is 0 Å². The van der Waals surface area contributed by atoms with Gasteiger partial charge in [-0.05, 0) is 35.6 Å². The highest BCUT2D eigenvalue weighted by atomic mass is 16.6. The van der Waals surface area contributed by atoms with Crippen LogP contribution in [0.3, 0.4) is 0 Å². The molecule has 0 spiro atoms. The monoisotopic (exact) mass is 479 g/mol. The summed E-state index contributed by atoms with van der Waals surface area (Å²) in [6.07, 6.45) is 0.605. The number of benzene rings is 2. The first kappa shape index (κ1) is 24.0. The summed E-state index contributed by atoms with van der Waals surface area (Å²) in [5.41, 5.74) is 0.418. The van der Waals surface area contributed by atoms with Gasteiger partial charge in [0, 0.05) is 36.1 Å². The average Bonchev–Trinajstić information content (AvgIpc) is 3.38. The molecule has 182 valence electrons. The largest absolute Gasteiger partial charge is 0.868 e. The molecular formula is C25H25N3O7. The zero-order valence-corrected chi connectivity index (χ0v) is 19.6. The highest BCUT2D eigenvalue weighted by Crippen LogP contribution is 2.40. The van der Waals surface area contributed by atoms with Crippen molar-refractivity contribution in [2.24, 2.45) is 0 Å². The molecule has 1 unspecified atom stereocenters. The summed E-state index contributed by atoms with van der Waals surface area (Å²) in [6.45, 7) is 1.000. The first-order valence-electron chi connectivity index (χ1n) is 11.1. The van der Waals surface area contributed by atoms with Gasteiger partial charge in [0.25, 0.3) is 5.69 Å². The molecule has 2 heterocycles. The molecule has 0 radical (unpaired) electrons. The second-order valence-electron chi connectivity index (χ2n) is 8.62. The Balaban J connectivity index is 1.77. The number of carbonyl (C=O) groups excluding carboxylic acids is 2. The van der Waals surface area contributed by atoms with Gasteiger partial charge in [0.2, 0.25) is 11.7 Å².